The Hall–Kier alpha value is -1.17. The van der Waals surface area contributed by atoms with Crippen LogP contribution in [0.5, 0.6) is 0 Å². The Kier molecular flexibility index (Phi) is 3.92. The third-order valence-electron chi connectivity index (χ3n) is 3.74. The summed E-state index contributed by atoms with van der Waals surface area (Å²) >= 11 is 5.99. The van der Waals surface area contributed by atoms with Gasteiger partial charge in [0.05, 0.1) is 30.2 Å². The molecule has 6 heteroatoms. The summed E-state index contributed by atoms with van der Waals surface area (Å²) in [6.07, 6.45) is 0. The average Bonchev–Trinajstić information content (AvgIpc) is 2.64. The van der Waals surface area contributed by atoms with Crippen LogP contribution in [0.3, 0.4) is 0 Å². The van der Waals surface area contributed by atoms with Crippen molar-refractivity contribution in [3.63, 3.8) is 0 Å². The number of halogens is 2. The summed E-state index contributed by atoms with van der Waals surface area (Å²) in [4.78, 5) is 14.0. The molecule has 0 unspecified atom stereocenters. The van der Waals surface area contributed by atoms with Crippen molar-refractivity contribution >= 4 is 17.5 Å². The maximum Gasteiger partial charge on any atom is 0.227 e. The van der Waals surface area contributed by atoms with E-state index in [-0.39, 0.29) is 22.9 Å². The van der Waals surface area contributed by atoms with Gasteiger partial charge in [0, 0.05) is 19.6 Å². The number of fused-ring (bicyclic) bond motifs is 3. The van der Waals surface area contributed by atoms with Crippen LogP contribution in [0.2, 0.25) is 5.02 Å². The minimum absolute atomic E-state index is 0.0117. The lowest BCUT2D eigenvalue weighted by Gasteiger charge is -2.27. The topological polar surface area (TPSA) is 41.6 Å². The highest BCUT2D eigenvalue weighted by Crippen LogP contribution is 2.23. The summed E-state index contributed by atoms with van der Waals surface area (Å²) in [6, 6.07) is 4.81. The van der Waals surface area contributed by atoms with Crippen LogP contribution in [-0.4, -0.2) is 43.2 Å². The molecular formula is C14H16ClFN2O2. The average molecular weight is 299 g/mol. The summed E-state index contributed by atoms with van der Waals surface area (Å²) in [5.74, 6) is -0.535. The number of hydrogen-bond donors (Lipinski definition) is 1. The second-order valence-electron chi connectivity index (χ2n) is 5.35. The summed E-state index contributed by atoms with van der Waals surface area (Å²) < 4.78 is 18.9. The van der Waals surface area contributed by atoms with Gasteiger partial charge < -0.3 is 10.1 Å². The highest BCUT2D eigenvalue weighted by Gasteiger charge is 2.33. The fourth-order valence-corrected chi connectivity index (χ4v) is 2.95. The van der Waals surface area contributed by atoms with Crippen LogP contribution in [0.4, 0.5) is 4.39 Å². The number of carbonyl (C=O) groups excluding carboxylic acids is 1. The number of nitrogens with one attached hydrogen (secondary N) is 1. The van der Waals surface area contributed by atoms with E-state index < -0.39 is 5.82 Å². The second kappa shape index (κ2) is 5.68. The van der Waals surface area contributed by atoms with E-state index in [1.54, 1.807) is 6.07 Å². The molecular weight excluding hydrogens is 283 g/mol. The Labute approximate surface area is 121 Å². The van der Waals surface area contributed by atoms with Crippen LogP contribution in [0.15, 0.2) is 18.2 Å². The van der Waals surface area contributed by atoms with Crippen molar-refractivity contribution in [3.05, 3.63) is 34.6 Å². The highest BCUT2D eigenvalue weighted by atomic mass is 35.5. The van der Waals surface area contributed by atoms with E-state index in [0.29, 0.717) is 32.8 Å². The number of carbonyl (C=O) groups is 1. The standard InChI is InChI=1S/C14H16ClFN2O2/c15-13-9(2-1-3-12(13)16)4-18-5-10-7-20-8-11(6-18)17-14(10)19/h1-3,10-11H,4-8H2,(H,17,19)/t10-,11+/m1/s1. The van der Waals surface area contributed by atoms with Gasteiger partial charge in [0.15, 0.2) is 0 Å². The number of rotatable bonds is 2. The van der Waals surface area contributed by atoms with Gasteiger partial charge in [-0.05, 0) is 11.6 Å². The first-order valence-corrected chi connectivity index (χ1v) is 7.04. The van der Waals surface area contributed by atoms with Crippen LogP contribution in [0.25, 0.3) is 0 Å². The number of nitrogens with zero attached hydrogens (tertiary/aromatic N) is 1. The largest absolute Gasteiger partial charge is 0.378 e. The summed E-state index contributed by atoms with van der Waals surface area (Å²) in [5.41, 5.74) is 0.750. The lowest BCUT2D eigenvalue weighted by atomic mass is 10.1. The Bertz CT molecular complexity index is 526. The Morgan fingerprint density at radius 2 is 2.25 bits per heavy atom. The van der Waals surface area contributed by atoms with E-state index in [1.165, 1.54) is 6.07 Å². The van der Waals surface area contributed by atoms with E-state index in [1.807, 2.05) is 6.07 Å². The molecule has 0 aliphatic carbocycles. The van der Waals surface area contributed by atoms with Gasteiger partial charge in [0.1, 0.15) is 5.82 Å². The summed E-state index contributed by atoms with van der Waals surface area (Å²) in [5, 5.41) is 3.13. The zero-order valence-electron chi connectivity index (χ0n) is 10.9. The first-order valence-electron chi connectivity index (χ1n) is 6.67. The van der Waals surface area contributed by atoms with E-state index in [9.17, 15) is 9.18 Å². The van der Waals surface area contributed by atoms with E-state index in [4.69, 9.17) is 16.3 Å². The third kappa shape index (κ3) is 2.80. The van der Waals surface area contributed by atoms with Crippen LogP contribution >= 0.6 is 11.6 Å². The zero-order valence-corrected chi connectivity index (χ0v) is 11.7. The molecule has 1 amide bonds. The molecule has 4 nitrogen and oxygen atoms in total. The number of benzene rings is 1. The third-order valence-corrected chi connectivity index (χ3v) is 4.16. The minimum Gasteiger partial charge on any atom is -0.378 e. The second-order valence-corrected chi connectivity index (χ2v) is 5.72. The summed E-state index contributed by atoms with van der Waals surface area (Å²) in [6.45, 7) is 2.80. The normalized spacial score (nSPS) is 27.0. The molecule has 2 aliphatic heterocycles. The molecule has 20 heavy (non-hydrogen) atoms. The molecule has 2 heterocycles. The Morgan fingerprint density at radius 3 is 3.10 bits per heavy atom. The Balaban J connectivity index is 1.77. The molecule has 2 fully saturated rings. The lowest BCUT2D eigenvalue weighted by Crippen LogP contribution is -2.41. The smallest absolute Gasteiger partial charge is 0.227 e. The van der Waals surface area contributed by atoms with Crippen molar-refractivity contribution in [2.75, 3.05) is 26.3 Å². The molecule has 0 radical (unpaired) electrons. The van der Waals surface area contributed by atoms with Crippen LogP contribution < -0.4 is 5.32 Å². The maximum absolute atomic E-state index is 13.5. The van der Waals surface area contributed by atoms with Crippen LogP contribution in [0.1, 0.15) is 5.56 Å². The molecule has 2 atom stereocenters. The predicted octanol–water partition coefficient (Wildman–Crippen LogP) is 1.43. The monoisotopic (exact) mass is 298 g/mol. The molecule has 2 bridgehead atoms. The molecule has 3 rings (SSSR count). The van der Waals surface area contributed by atoms with Crippen molar-refractivity contribution in [2.45, 2.75) is 12.6 Å². The SMILES string of the molecule is O=C1N[C@@H]2COC[C@H]1CN(Cc1cccc(F)c1Cl)C2. The molecule has 0 spiro atoms. The lowest BCUT2D eigenvalue weighted by molar-refractivity contribution is -0.125. The number of ether oxygens (including phenoxy) is 1. The molecule has 2 aliphatic rings. The predicted molar refractivity (Wildman–Crippen MR) is 72.9 cm³/mol. The van der Waals surface area contributed by atoms with Gasteiger partial charge in [-0.15, -0.1) is 0 Å². The molecule has 0 aromatic heterocycles. The fraction of sp³-hybridized carbons (Fsp3) is 0.500. The van der Waals surface area contributed by atoms with Gasteiger partial charge in [-0.1, -0.05) is 23.7 Å². The van der Waals surface area contributed by atoms with E-state index >= 15 is 0 Å². The zero-order chi connectivity index (χ0) is 14.1. The first kappa shape index (κ1) is 13.8. The molecule has 0 saturated carbocycles. The number of amides is 1. The first-order chi connectivity index (χ1) is 9.63. The maximum atomic E-state index is 13.5. The van der Waals surface area contributed by atoms with Crippen molar-refractivity contribution in [3.8, 4) is 0 Å². The molecule has 2 saturated heterocycles. The number of hydrogen-bond acceptors (Lipinski definition) is 3. The van der Waals surface area contributed by atoms with E-state index in [2.05, 4.69) is 10.2 Å². The van der Waals surface area contributed by atoms with Crippen molar-refractivity contribution < 1.29 is 13.9 Å². The van der Waals surface area contributed by atoms with E-state index in [0.717, 1.165) is 5.56 Å². The molecule has 108 valence electrons. The van der Waals surface area contributed by atoms with Crippen LogP contribution in [-0.2, 0) is 16.1 Å². The minimum atomic E-state index is -0.406. The van der Waals surface area contributed by atoms with Crippen LogP contribution in [0, 0.1) is 11.7 Å². The van der Waals surface area contributed by atoms with Crippen molar-refractivity contribution in [2.24, 2.45) is 5.92 Å². The van der Waals surface area contributed by atoms with Gasteiger partial charge in [-0.3, -0.25) is 9.69 Å². The van der Waals surface area contributed by atoms with Gasteiger partial charge in [-0.2, -0.15) is 0 Å². The summed E-state index contributed by atoms with van der Waals surface area (Å²) in [7, 11) is 0. The van der Waals surface area contributed by atoms with Crippen molar-refractivity contribution in [1.82, 2.24) is 10.2 Å². The van der Waals surface area contributed by atoms with Gasteiger partial charge in [0.2, 0.25) is 5.91 Å². The quantitative estimate of drug-likeness (QED) is 0.898. The van der Waals surface area contributed by atoms with Crippen molar-refractivity contribution in [1.29, 1.82) is 0 Å². The fourth-order valence-electron chi connectivity index (χ4n) is 2.76. The molecule has 1 aromatic carbocycles. The molecule has 1 N–H and O–H groups in total. The highest BCUT2D eigenvalue weighted by molar-refractivity contribution is 6.31. The molecule has 1 aromatic rings. The van der Waals surface area contributed by atoms with Gasteiger partial charge >= 0.3 is 0 Å². The van der Waals surface area contributed by atoms with Gasteiger partial charge in [-0.25, -0.2) is 4.39 Å². The van der Waals surface area contributed by atoms with Gasteiger partial charge in [0.25, 0.3) is 0 Å². The Morgan fingerprint density at radius 1 is 1.40 bits per heavy atom.